The number of furan rings is 1. The fourth-order valence-corrected chi connectivity index (χ4v) is 8.35. The van der Waals surface area contributed by atoms with E-state index in [9.17, 15) is 0 Å². The molecule has 0 amide bonds. The van der Waals surface area contributed by atoms with E-state index in [1.807, 2.05) is 131 Å². The van der Waals surface area contributed by atoms with E-state index in [1.54, 1.807) is 0 Å². The molecule has 0 saturated heterocycles. The number of para-hydroxylation sites is 4. The van der Waals surface area contributed by atoms with Gasteiger partial charge in [-0.15, -0.1) is 54.1 Å². The first-order chi connectivity index (χ1) is 29.4. The topological polar surface area (TPSA) is 43.9 Å². The number of aromatic nitrogens is 3. The second-order valence-corrected chi connectivity index (χ2v) is 15.6. The first-order valence-corrected chi connectivity index (χ1v) is 20.4. The number of fused-ring (bicyclic) bond motifs is 4. The summed E-state index contributed by atoms with van der Waals surface area (Å²) in [7, 11) is 0. The SMILES string of the molecule is [2H]C(C)(C)c1cccc(C([2H])(C)C)c1-n1c(-c2[c-]cccc2)nc2ccccc21.[2H]C1(c2ccc(-c3ccnc(-c4[c-]ccc5c4oc4ccccc45)c3)cc2)CCCCC1.[Ir]. The minimum Gasteiger partial charge on any atom is -0.501 e. The summed E-state index contributed by atoms with van der Waals surface area (Å²) in [5, 5.41) is 2.19. The normalized spacial score (nSPS) is 14.8. The van der Waals surface area contributed by atoms with Gasteiger partial charge in [-0.3, -0.25) is 4.98 Å². The van der Waals surface area contributed by atoms with Crippen molar-refractivity contribution in [2.45, 2.75) is 77.5 Å². The molecule has 1 aliphatic carbocycles. The molecule has 1 aliphatic rings. The molecule has 4 nitrogen and oxygen atoms in total. The van der Waals surface area contributed by atoms with Gasteiger partial charge in [-0.25, -0.2) is 0 Å². The second kappa shape index (κ2) is 17.7. The Balaban J connectivity index is 0.000000169. The van der Waals surface area contributed by atoms with Crippen molar-refractivity contribution in [2.75, 3.05) is 0 Å². The molecule has 10 rings (SSSR count). The Bertz CT molecular complexity index is 2960. The third-order valence-electron chi connectivity index (χ3n) is 11.3. The number of hydrogen-bond acceptors (Lipinski definition) is 3. The maximum absolute atomic E-state index is 8.88. The fourth-order valence-electron chi connectivity index (χ4n) is 8.35. The van der Waals surface area contributed by atoms with Crippen LogP contribution in [-0.4, -0.2) is 14.5 Å². The molecular formula is C54H49IrN3O-2. The van der Waals surface area contributed by atoms with Crippen molar-refractivity contribution in [1.82, 2.24) is 14.5 Å². The van der Waals surface area contributed by atoms with E-state index in [2.05, 4.69) is 64.1 Å². The number of pyridine rings is 1. The summed E-state index contributed by atoms with van der Waals surface area (Å²) in [5.41, 5.74) is 12.1. The summed E-state index contributed by atoms with van der Waals surface area (Å²) in [5.74, 6) is -1.32. The molecule has 3 aromatic heterocycles. The average molecular weight is 951 g/mol. The van der Waals surface area contributed by atoms with E-state index in [4.69, 9.17) is 13.5 Å². The molecule has 3 heterocycles. The van der Waals surface area contributed by atoms with Crippen LogP contribution in [0.5, 0.6) is 0 Å². The van der Waals surface area contributed by atoms with Gasteiger partial charge in [0.25, 0.3) is 0 Å². The Morgan fingerprint density at radius 3 is 2.19 bits per heavy atom. The summed E-state index contributed by atoms with van der Waals surface area (Å²) < 4.78 is 34.8. The molecule has 0 N–H and O–H groups in total. The zero-order valence-electron chi connectivity index (χ0n) is 37.0. The molecule has 1 radical (unpaired) electrons. The summed E-state index contributed by atoms with van der Waals surface area (Å²) in [6.07, 6.45) is 7.34. The molecule has 6 aromatic carbocycles. The van der Waals surface area contributed by atoms with Crippen LogP contribution in [-0.2, 0) is 20.1 Å². The maximum Gasteiger partial charge on any atom is 0.120 e. The number of hydrogen-bond donors (Lipinski definition) is 0. The largest absolute Gasteiger partial charge is 0.501 e. The summed E-state index contributed by atoms with van der Waals surface area (Å²) in [6, 6.07) is 53.2. The number of imidazole rings is 1. The van der Waals surface area contributed by atoms with Gasteiger partial charge in [-0.2, -0.15) is 0 Å². The van der Waals surface area contributed by atoms with Crippen LogP contribution in [0.15, 0.2) is 150 Å². The number of rotatable bonds is 7. The van der Waals surface area contributed by atoms with Crippen LogP contribution in [0.1, 0.15) is 98.3 Å². The van der Waals surface area contributed by atoms with Crippen molar-refractivity contribution in [2.24, 2.45) is 0 Å². The number of nitrogens with zero attached hydrogens (tertiary/aromatic N) is 3. The molecule has 1 saturated carbocycles. The first kappa shape index (κ1) is 36.5. The number of benzene rings is 6. The molecule has 0 bridgehead atoms. The van der Waals surface area contributed by atoms with E-state index in [0.29, 0.717) is 0 Å². The molecule has 0 spiro atoms. The monoisotopic (exact) mass is 951 g/mol. The Hall–Kier alpha value is -5.61. The third kappa shape index (κ3) is 8.07. The second-order valence-electron chi connectivity index (χ2n) is 15.6. The predicted octanol–water partition coefficient (Wildman–Crippen LogP) is 14.9. The van der Waals surface area contributed by atoms with Gasteiger partial charge in [0.05, 0.1) is 22.4 Å². The van der Waals surface area contributed by atoms with Crippen LogP contribution in [0.2, 0.25) is 0 Å². The Labute approximate surface area is 365 Å². The minimum absolute atomic E-state index is 0. The Morgan fingerprint density at radius 1 is 0.712 bits per heavy atom. The molecular weight excluding hydrogens is 899 g/mol. The van der Waals surface area contributed by atoms with Gasteiger partial charge in [-0.1, -0.05) is 137 Å². The quantitative estimate of drug-likeness (QED) is 0.150. The molecule has 0 aliphatic heterocycles. The fraction of sp³-hybridized carbons (Fsp3) is 0.222. The summed E-state index contributed by atoms with van der Waals surface area (Å²) >= 11 is 0. The molecule has 0 unspecified atom stereocenters. The Morgan fingerprint density at radius 2 is 1.44 bits per heavy atom. The van der Waals surface area contributed by atoms with E-state index in [0.717, 1.165) is 115 Å². The summed E-state index contributed by atoms with van der Waals surface area (Å²) in [4.78, 5) is 9.55. The van der Waals surface area contributed by atoms with Crippen molar-refractivity contribution in [3.8, 4) is 39.5 Å². The van der Waals surface area contributed by atoms with Crippen molar-refractivity contribution in [1.29, 1.82) is 0 Å². The van der Waals surface area contributed by atoms with Gasteiger partial charge in [0.15, 0.2) is 0 Å². The molecule has 59 heavy (non-hydrogen) atoms. The van der Waals surface area contributed by atoms with Crippen molar-refractivity contribution in [3.05, 3.63) is 175 Å². The van der Waals surface area contributed by atoms with E-state index >= 15 is 0 Å². The molecule has 5 heteroatoms. The van der Waals surface area contributed by atoms with Crippen molar-refractivity contribution in [3.63, 3.8) is 0 Å². The Kier molecular flexibility index (Phi) is 10.9. The zero-order chi connectivity index (χ0) is 42.4. The van der Waals surface area contributed by atoms with Gasteiger partial charge in [-0.05, 0) is 88.3 Å². The smallest absolute Gasteiger partial charge is 0.120 e. The van der Waals surface area contributed by atoms with E-state index in [1.165, 1.54) is 6.42 Å². The molecule has 9 aromatic rings. The van der Waals surface area contributed by atoms with Crippen LogP contribution >= 0.6 is 0 Å². The van der Waals surface area contributed by atoms with Crippen LogP contribution in [0.4, 0.5) is 0 Å². The maximum atomic E-state index is 8.88. The van der Waals surface area contributed by atoms with Crippen molar-refractivity contribution < 1.29 is 28.6 Å². The molecule has 297 valence electrons. The minimum atomic E-state index is -0.834. The first-order valence-electron chi connectivity index (χ1n) is 21.9. The van der Waals surface area contributed by atoms with Gasteiger partial charge in [0.1, 0.15) is 5.58 Å². The van der Waals surface area contributed by atoms with Crippen LogP contribution < -0.4 is 0 Å². The van der Waals surface area contributed by atoms with Gasteiger partial charge in [0, 0.05) is 41.5 Å². The van der Waals surface area contributed by atoms with Crippen LogP contribution in [0.3, 0.4) is 0 Å². The van der Waals surface area contributed by atoms with Gasteiger partial charge in [0.2, 0.25) is 0 Å². The average Bonchev–Trinajstić information content (AvgIpc) is 3.86. The van der Waals surface area contributed by atoms with Crippen LogP contribution in [0, 0.1) is 12.1 Å². The van der Waals surface area contributed by atoms with E-state index < -0.39 is 17.7 Å². The third-order valence-corrected chi connectivity index (χ3v) is 11.3. The van der Waals surface area contributed by atoms with Crippen LogP contribution in [0.25, 0.3) is 72.4 Å². The van der Waals surface area contributed by atoms with Crippen molar-refractivity contribution >= 4 is 33.0 Å². The zero-order valence-corrected chi connectivity index (χ0v) is 36.4. The predicted molar refractivity (Wildman–Crippen MR) is 241 cm³/mol. The van der Waals surface area contributed by atoms with E-state index in [-0.39, 0.29) is 20.1 Å². The van der Waals surface area contributed by atoms with Gasteiger partial charge < -0.3 is 14.0 Å². The standard InChI is InChI=1S/C29H24NO.C25H25N2.Ir/c1-2-7-20(8-3-1)21-13-15-22(16-14-21)23-17-18-30-27(19-23)26-11-6-10-25-24-9-4-5-12-28(24)31-29(25)26;1-17(2)20-13-10-14-21(18(3)4)24(20)27-23-16-9-8-15-22(23)26-25(27)19-11-6-5-7-12-19;/h4-6,9-10,12-20H,1-3,7-8H2;5-11,13-18H,1-4H3;/q2*-1;/i20D;17D,18D;. The molecule has 0 atom stereocenters. The summed E-state index contributed by atoms with van der Waals surface area (Å²) in [6.45, 7) is 7.56. The molecule has 1 fully saturated rings. The van der Waals surface area contributed by atoms with Gasteiger partial charge >= 0.3 is 0 Å².